The number of allylic oxidation sites excluding steroid dienone is 3. The first-order chi connectivity index (χ1) is 14.9. The van der Waals surface area contributed by atoms with Crippen LogP contribution in [0.3, 0.4) is 0 Å². The number of carboxylic acids is 1. The fourth-order valence-corrected chi connectivity index (χ4v) is 4.55. The molecule has 5 heteroatoms. The zero-order chi connectivity index (χ0) is 22.9. The van der Waals surface area contributed by atoms with Gasteiger partial charge < -0.3 is 14.9 Å². The van der Waals surface area contributed by atoms with Crippen molar-refractivity contribution in [2.24, 2.45) is 11.8 Å². The van der Waals surface area contributed by atoms with Gasteiger partial charge in [0.15, 0.2) is 0 Å². The van der Waals surface area contributed by atoms with Crippen LogP contribution in [-0.2, 0) is 14.3 Å². The summed E-state index contributed by atoms with van der Waals surface area (Å²) >= 11 is 0. The smallest absolute Gasteiger partial charge is 0.303 e. The number of rotatable bonds is 16. The molecule has 1 saturated carbocycles. The molecular weight excluding hydrogens is 392 g/mol. The Hall–Kier alpha value is -1.62. The highest BCUT2D eigenvalue weighted by molar-refractivity contribution is 5.67. The van der Waals surface area contributed by atoms with Crippen molar-refractivity contribution in [1.29, 1.82) is 0 Å². The number of unbranched alkanes of at least 4 members (excludes halogenated alkanes) is 5. The van der Waals surface area contributed by atoms with E-state index in [2.05, 4.69) is 13.0 Å². The zero-order valence-corrected chi connectivity index (χ0v) is 19.6. The highest BCUT2D eigenvalue weighted by atomic mass is 16.5. The van der Waals surface area contributed by atoms with Gasteiger partial charge in [-0.3, -0.25) is 9.59 Å². The molecule has 1 aliphatic carbocycles. The zero-order valence-electron chi connectivity index (χ0n) is 19.6. The monoisotopic (exact) mass is 436 g/mol. The van der Waals surface area contributed by atoms with Crippen molar-refractivity contribution in [3.63, 3.8) is 0 Å². The third-order valence-electron chi connectivity index (χ3n) is 6.21. The normalized spacial score (nSPS) is 21.4. The second-order valence-electron chi connectivity index (χ2n) is 8.94. The average molecular weight is 437 g/mol. The predicted molar refractivity (Wildman–Crippen MR) is 125 cm³/mol. The molecule has 1 fully saturated rings. The first-order valence-electron chi connectivity index (χ1n) is 12.4. The molecular formula is C26H44O5. The quantitative estimate of drug-likeness (QED) is 0.171. The Balaban J connectivity index is 2.52. The highest BCUT2D eigenvalue weighted by Crippen LogP contribution is 2.36. The fraction of sp³-hybridized carbons (Fsp3) is 0.769. The van der Waals surface area contributed by atoms with Crippen LogP contribution in [0, 0.1) is 11.8 Å². The van der Waals surface area contributed by atoms with E-state index in [9.17, 15) is 14.7 Å². The van der Waals surface area contributed by atoms with Gasteiger partial charge in [-0.1, -0.05) is 82.6 Å². The topological polar surface area (TPSA) is 83.8 Å². The Morgan fingerprint density at radius 1 is 1.00 bits per heavy atom. The number of aliphatic carboxylic acids is 1. The minimum absolute atomic E-state index is 0.101. The Morgan fingerprint density at radius 2 is 1.71 bits per heavy atom. The molecule has 31 heavy (non-hydrogen) atoms. The van der Waals surface area contributed by atoms with Crippen LogP contribution in [0.4, 0.5) is 0 Å². The molecule has 0 heterocycles. The maximum atomic E-state index is 11.6. The molecule has 0 spiro atoms. The van der Waals surface area contributed by atoms with E-state index >= 15 is 0 Å². The summed E-state index contributed by atoms with van der Waals surface area (Å²) in [6.45, 7) is 3.64. The summed E-state index contributed by atoms with van der Waals surface area (Å²) in [5.41, 5.74) is 0. The van der Waals surface area contributed by atoms with Gasteiger partial charge in [-0.2, -0.15) is 0 Å². The Morgan fingerprint density at radius 3 is 2.42 bits per heavy atom. The van der Waals surface area contributed by atoms with Gasteiger partial charge >= 0.3 is 11.9 Å². The minimum atomic E-state index is -0.814. The van der Waals surface area contributed by atoms with Gasteiger partial charge in [0.1, 0.15) is 6.10 Å². The van der Waals surface area contributed by atoms with E-state index in [0.29, 0.717) is 18.8 Å². The number of aliphatic hydroxyl groups excluding tert-OH is 1. The van der Waals surface area contributed by atoms with E-state index in [0.717, 1.165) is 38.5 Å². The average Bonchev–Trinajstić information content (AvgIpc) is 2.73. The van der Waals surface area contributed by atoms with Gasteiger partial charge in [-0.15, -0.1) is 0 Å². The van der Waals surface area contributed by atoms with Crippen molar-refractivity contribution in [1.82, 2.24) is 0 Å². The Labute approximate surface area is 189 Å². The van der Waals surface area contributed by atoms with Crippen LogP contribution in [0.1, 0.15) is 104 Å². The van der Waals surface area contributed by atoms with Gasteiger partial charge in [0.25, 0.3) is 0 Å². The number of carbonyl (C=O) groups excluding carboxylic acids is 1. The van der Waals surface area contributed by atoms with E-state index < -0.39 is 12.1 Å². The fourth-order valence-electron chi connectivity index (χ4n) is 4.55. The van der Waals surface area contributed by atoms with Crippen molar-refractivity contribution in [3.05, 3.63) is 24.3 Å². The molecule has 0 bridgehead atoms. The maximum absolute atomic E-state index is 11.6. The lowest BCUT2D eigenvalue weighted by Crippen LogP contribution is -2.33. The molecule has 0 amide bonds. The maximum Gasteiger partial charge on any atom is 0.303 e. The molecule has 0 aromatic rings. The highest BCUT2D eigenvalue weighted by Gasteiger charge is 2.32. The largest absolute Gasteiger partial charge is 0.481 e. The van der Waals surface area contributed by atoms with E-state index in [-0.39, 0.29) is 24.4 Å². The van der Waals surface area contributed by atoms with Crippen LogP contribution in [0.5, 0.6) is 0 Å². The van der Waals surface area contributed by atoms with Crippen LogP contribution in [0.25, 0.3) is 0 Å². The van der Waals surface area contributed by atoms with Gasteiger partial charge in [0.05, 0.1) is 6.10 Å². The van der Waals surface area contributed by atoms with Gasteiger partial charge in [0.2, 0.25) is 0 Å². The summed E-state index contributed by atoms with van der Waals surface area (Å²) in [6.07, 6.45) is 21.0. The molecule has 1 aliphatic rings. The number of carboxylic acid groups (broad SMARTS) is 1. The number of hydrogen-bond acceptors (Lipinski definition) is 4. The molecule has 2 N–H and O–H groups in total. The van der Waals surface area contributed by atoms with Crippen molar-refractivity contribution in [2.45, 2.75) is 116 Å². The van der Waals surface area contributed by atoms with Gasteiger partial charge in [-0.25, -0.2) is 0 Å². The third kappa shape index (κ3) is 13.4. The first kappa shape index (κ1) is 27.4. The summed E-state index contributed by atoms with van der Waals surface area (Å²) in [7, 11) is 0. The summed E-state index contributed by atoms with van der Waals surface area (Å²) in [6, 6.07) is 0. The SMILES string of the molecule is CCCCCCCCC(O)C=CC=C[C@@H]1CCCC[C@H]1C(CCCC(=O)O)OC(C)=O. The first-order valence-corrected chi connectivity index (χ1v) is 12.4. The lowest BCUT2D eigenvalue weighted by atomic mass is 9.75. The van der Waals surface area contributed by atoms with Crippen LogP contribution in [0.2, 0.25) is 0 Å². The molecule has 2 unspecified atom stereocenters. The molecule has 0 radical (unpaired) electrons. The summed E-state index contributed by atoms with van der Waals surface area (Å²) in [5.74, 6) is -0.579. The van der Waals surface area contributed by atoms with Crippen LogP contribution in [0.15, 0.2) is 24.3 Å². The molecule has 0 aromatic carbocycles. The summed E-state index contributed by atoms with van der Waals surface area (Å²) < 4.78 is 5.60. The lowest BCUT2D eigenvalue weighted by molar-refractivity contribution is -0.151. The van der Waals surface area contributed by atoms with E-state index in [1.165, 1.54) is 39.0 Å². The molecule has 0 saturated heterocycles. The second-order valence-corrected chi connectivity index (χ2v) is 8.94. The number of aliphatic hydroxyl groups is 1. The molecule has 178 valence electrons. The van der Waals surface area contributed by atoms with Gasteiger partial charge in [-0.05, 0) is 38.0 Å². The minimum Gasteiger partial charge on any atom is -0.481 e. The summed E-state index contributed by atoms with van der Waals surface area (Å²) in [4.78, 5) is 22.5. The predicted octanol–water partition coefficient (Wildman–Crippen LogP) is 6.20. The molecule has 1 rings (SSSR count). The molecule has 4 atom stereocenters. The Kier molecular flexibility index (Phi) is 15.0. The van der Waals surface area contributed by atoms with Crippen molar-refractivity contribution in [3.8, 4) is 0 Å². The molecule has 0 aliphatic heterocycles. The number of hydrogen-bond donors (Lipinski definition) is 2. The number of ether oxygens (including phenoxy) is 1. The third-order valence-corrected chi connectivity index (χ3v) is 6.21. The summed E-state index contributed by atoms with van der Waals surface area (Å²) in [5, 5.41) is 19.1. The number of carbonyl (C=O) groups is 2. The van der Waals surface area contributed by atoms with Crippen LogP contribution < -0.4 is 0 Å². The van der Waals surface area contributed by atoms with E-state index in [4.69, 9.17) is 9.84 Å². The Bertz CT molecular complexity index is 554. The number of esters is 1. The van der Waals surface area contributed by atoms with Crippen molar-refractivity contribution >= 4 is 11.9 Å². The van der Waals surface area contributed by atoms with E-state index in [1.807, 2.05) is 18.2 Å². The van der Waals surface area contributed by atoms with Crippen LogP contribution >= 0.6 is 0 Å². The standard InChI is InChI=1S/C26H44O5/c1-3-4-5-6-7-8-16-23(28)17-11-9-14-22-15-10-12-18-24(22)25(31-21(2)27)19-13-20-26(29)30/h9,11,14,17,22-25,28H,3-8,10,12-13,15-16,18-20H2,1-2H3,(H,29,30)/t22-,23?,24-,25?/m1/s1. The van der Waals surface area contributed by atoms with Crippen molar-refractivity contribution in [2.75, 3.05) is 0 Å². The second kappa shape index (κ2) is 17.0. The van der Waals surface area contributed by atoms with Gasteiger partial charge in [0, 0.05) is 19.3 Å². The van der Waals surface area contributed by atoms with Crippen LogP contribution in [-0.4, -0.2) is 34.4 Å². The van der Waals surface area contributed by atoms with E-state index in [1.54, 1.807) is 0 Å². The lowest BCUT2D eigenvalue weighted by Gasteiger charge is -2.35. The molecule has 0 aromatic heterocycles. The van der Waals surface area contributed by atoms with Crippen molar-refractivity contribution < 1.29 is 24.5 Å². The molecule has 5 nitrogen and oxygen atoms in total.